The van der Waals surface area contributed by atoms with Gasteiger partial charge in [0.25, 0.3) is 0 Å². The number of imidazole rings is 1. The van der Waals surface area contributed by atoms with Gasteiger partial charge in [-0.3, -0.25) is 9.48 Å². The van der Waals surface area contributed by atoms with Crippen LogP contribution in [0.4, 0.5) is 0 Å². The SMILES string of the molecule is Cc1cccn2c(CNC(=O)CCc3cc4n(n3)CCNC4)cnc12. The predicted octanol–water partition coefficient (Wildman–Crippen LogP) is 1.19. The molecule has 130 valence electrons. The number of amides is 1. The van der Waals surface area contributed by atoms with Crippen LogP contribution in [0.2, 0.25) is 0 Å². The minimum Gasteiger partial charge on any atom is -0.350 e. The van der Waals surface area contributed by atoms with E-state index in [1.807, 2.05) is 40.5 Å². The van der Waals surface area contributed by atoms with Crippen LogP contribution in [0.25, 0.3) is 5.65 Å². The van der Waals surface area contributed by atoms with Gasteiger partial charge in [-0.1, -0.05) is 6.07 Å². The van der Waals surface area contributed by atoms with Gasteiger partial charge in [-0.05, 0) is 24.6 Å². The Labute approximate surface area is 146 Å². The van der Waals surface area contributed by atoms with Gasteiger partial charge in [-0.15, -0.1) is 0 Å². The van der Waals surface area contributed by atoms with Gasteiger partial charge >= 0.3 is 0 Å². The lowest BCUT2D eigenvalue weighted by Crippen LogP contribution is -2.28. The maximum atomic E-state index is 12.2. The van der Waals surface area contributed by atoms with Crippen LogP contribution in [0.5, 0.6) is 0 Å². The fraction of sp³-hybridized carbons (Fsp3) is 0.389. The van der Waals surface area contributed by atoms with Crippen molar-refractivity contribution in [3.05, 3.63) is 53.2 Å². The Bertz CT molecular complexity index is 886. The number of hydrogen-bond acceptors (Lipinski definition) is 4. The minimum atomic E-state index is 0.0340. The summed E-state index contributed by atoms with van der Waals surface area (Å²) in [5.74, 6) is 0.0340. The van der Waals surface area contributed by atoms with Gasteiger partial charge in [-0.2, -0.15) is 5.10 Å². The number of nitrogens with zero attached hydrogens (tertiary/aromatic N) is 4. The second-order valence-corrected chi connectivity index (χ2v) is 6.44. The third-order valence-corrected chi connectivity index (χ3v) is 4.60. The van der Waals surface area contributed by atoms with Gasteiger partial charge in [0, 0.05) is 32.1 Å². The van der Waals surface area contributed by atoms with Gasteiger partial charge in [-0.25, -0.2) is 4.98 Å². The van der Waals surface area contributed by atoms with E-state index in [0.717, 1.165) is 42.2 Å². The molecule has 7 nitrogen and oxygen atoms in total. The summed E-state index contributed by atoms with van der Waals surface area (Å²) in [6.45, 7) is 5.22. The molecule has 4 rings (SSSR count). The zero-order chi connectivity index (χ0) is 17.2. The molecule has 0 saturated carbocycles. The monoisotopic (exact) mass is 338 g/mol. The van der Waals surface area contributed by atoms with Crippen molar-refractivity contribution in [2.45, 2.75) is 39.4 Å². The first-order valence-electron chi connectivity index (χ1n) is 8.65. The third-order valence-electron chi connectivity index (χ3n) is 4.60. The normalized spacial score (nSPS) is 13.8. The standard InChI is InChI=1S/C18H22N6O/c1-13-3-2-7-23-16(12-21-18(13)23)11-20-17(25)5-4-14-9-15-10-19-6-8-24(15)22-14/h2-3,7,9,12,19H,4-6,8,10-11H2,1H3,(H,20,25). The molecule has 0 bridgehead atoms. The van der Waals surface area contributed by atoms with Gasteiger partial charge in [0.05, 0.1) is 36.4 Å². The molecule has 0 atom stereocenters. The molecule has 3 aromatic heterocycles. The summed E-state index contributed by atoms with van der Waals surface area (Å²) >= 11 is 0. The Morgan fingerprint density at radius 2 is 2.36 bits per heavy atom. The average molecular weight is 338 g/mol. The van der Waals surface area contributed by atoms with E-state index in [1.54, 1.807) is 0 Å². The topological polar surface area (TPSA) is 76.2 Å². The molecule has 0 saturated heterocycles. The first kappa shape index (κ1) is 15.8. The van der Waals surface area contributed by atoms with Crippen LogP contribution < -0.4 is 10.6 Å². The Morgan fingerprint density at radius 3 is 3.24 bits per heavy atom. The molecule has 3 aromatic rings. The highest BCUT2D eigenvalue weighted by Gasteiger charge is 2.13. The molecule has 1 aliphatic rings. The second kappa shape index (κ2) is 6.68. The molecular weight excluding hydrogens is 316 g/mol. The van der Waals surface area contributed by atoms with Crippen LogP contribution in [-0.4, -0.2) is 31.6 Å². The molecule has 0 aromatic carbocycles. The Balaban J connectivity index is 1.33. The number of carbonyl (C=O) groups is 1. The van der Waals surface area contributed by atoms with Crippen molar-refractivity contribution < 1.29 is 4.79 Å². The van der Waals surface area contributed by atoms with Gasteiger partial charge in [0.1, 0.15) is 5.65 Å². The number of nitrogens with one attached hydrogen (secondary N) is 2. The van der Waals surface area contributed by atoms with Gasteiger partial charge in [0.2, 0.25) is 5.91 Å². The number of hydrogen-bond donors (Lipinski definition) is 2. The van der Waals surface area contributed by atoms with Crippen LogP contribution in [0, 0.1) is 6.92 Å². The van der Waals surface area contributed by atoms with Crippen LogP contribution >= 0.6 is 0 Å². The first-order chi connectivity index (χ1) is 12.2. The highest BCUT2D eigenvalue weighted by Crippen LogP contribution is 2.12. The molecule has 2 N–H and O–H groups in total. The summed E-state index contributed by atoms with van der Waals surface area (Å²) in [7, 11) is 0. The van der Waals surface area contributed by atoms with Crippen molar-refractivity contribution in [2.24, 2.45) is 0 Å². The number of rotatable bonds is 5. The van der Waals surface area contributed by atoms with E-state index in [-0.39, 0.29) is 5.91 Å². The lowest BCUT2D eigenvalue weighted by molar-refractivity contribution is -0.121. The van der Waals surface area contributed by atoms with E-state index >= 15 is 0 Å². The van der Waals surface area contributed by atoms with E-state index in [9.17, 15) is 4.79 Å². The summed E-state index contributed by atoms with van der Waals surface area (Å²) in [6.07, 6.45) is 4.90. The number of aryl methyl sites for hydroxylation is 2. The molecule has 0 fully saturated rings. The lowest BCUT2D eigenvalue weighted by Gasteiger charge is -2.13. The smallest absolute Gasteiger partial charge is 0.220 e. The molecule has 0 spiro atoms. The number of fused-ring (bicyclic) bond motifs is 2. The summed E-state index contributed by atoms with van der Waals surface area (Å²) in [6, 6.07) is 6.11. The molecule has 25 heavy (non-hydrogen) atoms. The van der Waals surface area contributed by atoms with E-state index in [2.05, 4.69) is 26.8 Å². The van der Waals surface area contributed by atoms with Crippen LogP contribution in [0.15, 0.2) is 30.6 Å². The quantitative estimate of drug-likeness (QED) is 0.733. The predicted molar refractivity (Wildman–Crippen MR) is 94.0 cm³/mol. The summed E-state index contributed by atoms with van der Waals surface area (Å²) in [4.78, 5) is 16.6. The Kier molecular flexibility index (Phi) is 4.23. The van der Waals surface area contributed by atoms with Crippen molar-refractivity contribution in [2.75, 3.05) is 6.54 Å². The maximum absolute atomic E-state index is 12.2. The zero-order valence-corrected chi connectivity index (χ0v) is 14.3. The van der Waals surface area contributed by atoms with Crippen LogP contribution in [0.3, 0.4) is 0 Å². The lowest BCUT2D eigenvalue weighted by atomic mass is 10.2. The third kappa shape index (κ3) is 3.28. The van der Waals surface area contributed by atoms with Crippen LogP contribution in [0.1, 0.15) is 29.1 Å². The molecule has 1 aliphatic heterocycles. The molecule has 4 heterocycles. The van der Waals surface area contributed by atoms with Crippen molar-refractivity contribution >= 4 is 11.6 Å². The van der Waals surface area contributed by atoms with Crippen molar-refractivity contribution in [1.29, 1.82) is 0 Å². The van der Waals surface area contributed by atoms with Crippen LogP contribution in [-0.2, 0) is 30.8 Å². The molecule has 0 unspecified atom stereocenters. The van der Waals surface area contributed by atoms with E-state index < -0.39 is 0 Å². The maximum Gasteiger partial charge on any atom is 0.220 e. The van der Waals surface area contributed by atoms with Gasteiger partial charge in [0.15, 0.2) is 0 Å². The molecule has 7 heteroatoms. The highest BCUT2D eigenvalue weighted by atomic mass is 16.1. The van der Waals surface area contributed by atoms with E-state index in [4.69, 9.17) is 0 Å². The number of pyridine rings is 1. The Hall–Kier alpha value is -2.67. The molecule has 0 aliphatic carbocycles. The first-order valence-corrected chi connectivity index (χ1v) is 8.65. The largest absolute Gasteiger partial charge is 0.350 e. The van der Waals surface area contributed by atoms with Crippen molar-refractivity contribution in [1.82, 2.24) is 29.8 Å². The van der Waals surface area contributed by atoms with Gasteiger partial charge < -0.3 is 15.0 Å². The summed E-state index contributed by atoms with van der Waals surface area (Å²) in [5.41, 5.74) is 5.22. The molecule has 1 amide bonds. The van der Waals surface area contributed by atoms with E-state index in [0.29, 0.717) is 19.4 Å². The minimum absolute atomic E-state index is 0.0340. The van der Waals surface area contributed by atoms with Crippen molar-refractivity contribution in [3.8, 4) is 0 Å². The van der Waals surface area contributed by atoms with Crippen molar-refractivity contribution in [3.63, 3.8) is 0 Å². The molecule has 0 radical (unpaired) electrons. The summed E-state index contributed by atoms with van der Waals surface area (Å²) in [5, 5.41) is 10.9. The zero-order valence-electron chi connectivity index (χ0n) is 14.3. The fourth-order valence-corrected chi connectivity index (χ4v) is 3.23. The highest BCUT2D eigenvalue weighted by molar-refractivity contribution is 5.76. The second-order valence-electron chi connectivity index (χ2n) is 6.44. The summed E-state index contributed by atoms with van der Waals surface area (Å²) < 4.78 is 4.05. The average Bonchev–Trinajstić information content (AvgIpc) is 3.22. The number of carbonyl (C=O) groups excluding carboxylic acids is 1. The molecular formula is C18H22N6O. The Morgan fingerprint density at radius 1 is 1.44 bits per heavy atom. The van der Waals surface area contributed by atoms with E-state index in [1.165, 1.54) is 5.69 Å². The fourth-order valence-electron chi connectivity index (χ4n) is 3.23. The number of aromatic nitrogens is 4.